The number of carbonyl (C=O) groups is 2. The monoisotopic (exact) mass is 383 g/mol. The predicted molar refractivity (Wildman–Crippen MR) is 104 cm³/mol. The number of fused-ring (bicyclic) bond motifs is 1. The molecule has 7 heteroatoms. The van der Waals surface area contributed by atoms with Crippen molar-refractivity contribution in [3.63, 3.8) is 0 Å². The lowest BCUT2D eigenvalue weighted by molar-refractivity contribution is -0.130. The van der Waals surface area contributed by atoms with E-state index in [9.17, 15) is 14.9 Å². The van der Waals surface area contributed by atoms with E-state index in [4.69, 9.17) is 0 Å². The Morgan fingerprint density at radius 2 is 2.04 bits per heavy atom. The molecule has 1 aromatic carbocycles. The zero-order valence-electron chi connectivity index (χ0n) is 14.1. The van der Waals surface area contributed by atoms with Crippen molar-refractivity contribution in [2.24, 2.45) is 0 Å². The number of carbonyl (C=O) groups excluding carboxylic acids is 2. The molecule has 1 atom stereocenters. The summed E-state index contributed by atoms with van der Waals surface area (Å²) in [5.41, 5.74) is 0.990. The third kappa shape index (κ3) is 3.77. The first-order valence-electron chi connectivity index (χ1n) is 8.14. The quantitative estimate of drug-likeness (QED) is 0.522. The van der Waals surface area contributed by atoms with Crippen LogP contribution in [0.2, 0.25) is 0 Å². The molecule has 0 aliphatic heterocycles. The van der Waals surface area contributed by atoms with Gasteiger partial charge in [-0.2, -0.15) is 5.26 Å². The molecule has 0 radical (unpaired) electrons. The molecule has 0 saturated carbocycles. The molecule has 1 unspecified atom stereocenters. The van der Waals surface area contributed by atoms with Gasteiger partial charge in [-0.3, -0.25) is 9.59 Å². The summed E-state index contributed by atoms with van der Waals surface area (Å²) in [6.07, 6.45) is 2.24. The molecule has 26 heavy (non-hydrogen) atoms. The standard InChI is InChI=1S/C19H17N3O2S2/c1-2-22(12-20)19(24)15(21-18(23)17-8-5-9-25-17)10-13-11-26-16-7-4-3-6-14(13)16/h3-9,11,15H,2,10H2,1H3,(H,21,23). The van der Waals surface area contributed by atoms with Crippen LogP contribution in [-0.2, 0) is 11.2 Å². The van der Waals surface area contributed by atoms with Gasteiger partial charge in [-0.15, -0.1) is 22.7 Å². The molecule has 2 aromatic heterocycles. The Hall–Kier alpha value is -2.69. The molecule has 2 amide bonds. The molecular weight excluding hydrogens is 366 g/mol. The molecule has 0 aliphatic rings. The van der Waals surface area contributed by atoms with Crippen molar-refractivity contribution in [1.29, 1.82) is 5.26 Å². The molecule has 0 spiro atoms. The van der Waals surface area contributed by atoms with E-state index in [1.807, 2.05) is 41.2 Å². The van der Waals surface area contributed by atoms with Crippen molar-refractivity contribution >= 4 is 44.6 Å². The second-order valence-corrected chi connectivity index (χ2v) is 7.51. The molecule has 3 aromatic rings. The number of nitrogens with zero attached hydrogens (tertiary/aromatic N) is 2. The van der Waals surface area contributed by atoms with Gasteiger partial charge in [0.2, 0.25) is 0 Å². The van der Waals surface area contributed by atoms with Crippen LogP contribution in [0.1, 0.15) is 22.2 Å². The second kappa shape index (κ2) is 8.13. The Kier molecular flexibility index (Phi) is 5.66. The lowest BCUT2D eigenvalue weighted by Crippen LogP contribution is -2.48. The van der Waals surface area contributed by atoms with E-state index in [2.05, 4.69) is 5.32 Å². The van der Waals surface area contributed by atoms with Crippen molar-refractivity contribution in [1.82, 2.24) is 10.2 Å². The third-order valence-electron chi connectivity index (χ3n) is 4.04. The minimum atomic E-state index is -0.790. The third-order valence-corrected chi connectivity index (χ3v) is 5.92. The lowest BCUT2D eigenvalue weighted by Gasteiger charge is -2.21. The van der Waals surface area contributed by atoms with Crippen LogP contribution in [0.25, 0.3) is 10.1 Å². The van der Waals surface area contributed by atoms with E-state index in [-0.39, 0.29) is 12.5 Å². The van der Waals surface area contributed by atoms with Crippen molar-refractivity contribution in [2.75, 3.05) is 6.54 Å². The van der Waals surface area contributed by atoms with Gasteiger partial charge < -0.3 is 5.32 Å². The fraction of sp³-hybridized carbons (Fsp3) is 0.211. The van der Waals surface area contributed by atoms with Gasteiger partial charge in [-0.25, -0.2) is 4.90 Å². The minimum Gasteiger partial charge on any atom is -0.339 e. The Bertz CT molecular complexity index is 957. The molecule has 0 saturated heterocycles. The van der Waals surface area contributed by atoms with Crippen LogP contribution in [0.15, 0.2) is 47.2 Å². The summed E-state index contributed by atoms with van der Waals surface area (Å²) < 4.78 is 1.13. The van der Waals surface area contributed by atoms with Gasteiger partial charge in [0.15, 0.2) is 6.19 Å². The molecule has 132 valence electrons. The Labute approximate surface area is 159 Å². The number of amides is 2. The van der Waals surface area contributed by atoms with Crippen molar-refractivity contribution in [3.05, 3.63) is 57.6 Å². The summed E-state index contributed by atoms with van der Waals surface area (Å²) >= 11 is 2.92. The Balaban J connectivity index is 1.88. The molecule has 0 bridgehead atoms. The van der Waals surface area contributed by atoms with Crippen LogP contribution in [0, 0.1) is 11.5 Å². The largest absolute Gasteiger partial charge is 0.339 e. The van der Waals surface area contributed by atoms with Crippen LogP contribution < -0.4 is 5.32 Å². The molecule has 2 heterocycles. The van der Waals surface area contributed by atoms with Crippen LogP contribution in [0.3, 0.4) is 0 Å². The highest BCUT2D eigenvalue weighted by Gasteiger charge is 2.27. The highest BCUT2D eigenvalue weighted by molar-refractivity contribution is 7.17. The predicted octanol–water partition coefficient (Wildman–Crippen LogP) is 3.63. The fourth-order valence-electron chi connectivity index (χ4n) is 2.71. The first-order chi connectivity index (χ1) is 12.6. The van der Waals surface area contributed by atoms with Gasteiger partial charge in [0, 0.05) is 17.7 Å². The van der Waals surface area contributed by atoms with Gasteiger partial charge in [-0.1, -0.05) is 24.3 Å². The van der Waals surface area contributed by atoms with E-state index in [1.165, 1.54) is 11.3 Å². The average molecular weight is 383 g/mol. The highest BCUT2D eigenvalue weighted by Crippen LogP contribution is 2.27. The fourth-order valence-corrected chi connectivity index (χ4v) is 4.31. The molecule has 0 aliphatic carbocycles. The van der Waals surface area contributed by atoms with E-state index < -0.39 is 11.9 Å². The number of benzene rings is 1. The number of likely N-dealkylation sites (N-methyl/N-ethyl adjacent to an activating group) is 1. The van der Waals surface area contributed by atoms with E-state index >= 15 is 0 Å². The molecule has 5 nitrogen and oxygen atoms in total. The van der Waals surface area contributed by atoms with Gasteiger partial charge in [-0.05, 0) is 40.8 Å². The Morgan fingerprint density at radius 1 is 1.23 bits per heavy atom. The van der Waals surface area contributed by atoms with Gasteiger partial charge >= 0.3 is 0 Å². The first-order valence-corrected chi connectivity index (χ1v) is 9.90. The number of rotatable bonds is 6. The molecular formula is C19H17N3O2S2. The van der Waals surface area contributed by atoms with E-state index in [0.717, 1.165) is 20.5 Å². The second-order valence-electron chi connectivity index (χ2n) is 5.65. The van der Waals surface area contributed by atoms with Crippen molar-refractivity contribution in [2.45, 2.75) is 19.4 Å². The SMILES string of the molecule is CCN(C#N)C(=O)C(Cc1csc2ccccc12)NC(=O)c1cccs1. The number of nitrogens with one attached hydrogen (secondary N) is 1. The first kappa shape index (κ1) is 18.1. The summed E-state index contributed by atoms with van der Waals surface area (Å²) in [7, 11) is 0. The van der Waals surface area contributed by atoms with Gasteiger partial charge in [0.1, 0.15) is 6.04 Å². The zero-order valence-corrected chi connectivity index (χ0v) is 15.8. The average Bonchev–Trinajstić information content (AvgIpc) is 3.32. The van der Waals surface area contributed by atoms with Crippen molar-refractivity contribution < 1.29 is 9.59 Å². The summed E-state index contributed by atoms with van der Waals surface area (Å²) in [6, 6.07) is 10.7. The van der Waals surface area contributed by atoms with Gasteiger partial charge in [0.05, 0.1) is 4.88 Å². The molecule has 3 rings (SSSR count). The summed E-state index contributed by atoms with van der Waals surface area (Å²) in [5, 5.41) is 16.9. The lowest BCUT2D eigenvalue weighted by atomic mass is 10.0. The summed E-state index contributed by atoms with van der Waals surface area (Å²) in [4.78, 5) is 26.8. The van der Waals surface area contributed by atoms with Crippen LogP contribution in [0.4, 0.5) is 0 Å². The molecule has 0 fully saturated rings. The highest BCUT2D eigenvalue weighted by atomic mass is 32.1. The van der Waals surface area contributed by atoms with Crippen LogP contribution in [-0.4, -0.2) is 29.3 Å². The van der Waals surface area contributed by atoms with Crippen LogP contribution in [0.5, 0.6) is 0 Å². The van der Waals surface area contributed by atoms with Gasteiger partial charge in [0.25, 0.3) is 11.8 Å². The number of hydrogen-bond donors (Lipinski definition) is 1. The summed E-state index contributed by atoms with van der Waals surface area (Å²) in [5.74, 6) is -0.693. The Morgan fingerprint density at radius 3 is 2.73 bits per heavy atom. The van der Waals surface area contributed by atoms with Crippen LogP contribution >= 0.6 is 22.7 Å². The minimum absolute atomic E-state index is 0.269. The maximum absolute atomic E-state index is 12.8. The summed E-state index contributed by atoms with van der Waals surface area (Å²) in [6.45, 7) is 2.00. The number of hydrogen-bond acceptors (Lipinski definition) is 5. The smallest absolute Gasteiger partial charge is 0.262 e. The normalized spacial score (nSPS) is 11.7. The number of thiophene rings is 2. The van der Waals surface area contributed by atoms with E-state index in [1.54, 1.807) is 30.4 Å². The maximum atomic E-state index is 12.8. The molecule has 1 N–H and O–H groups in total. The topological polar surface area (TPSA) is 73.2 Å². The number of nitriles is 1. The zero-order chi connectivity index (χ0) is 18.5. The maximum Gasteiger partial charge on any atom is 0.262 e. The van der Waals surface area contributed by atoms with Crippen molar-refractivity contribution in [3.8, 4) is 6.19 Å². The van der Waals surface area contributed by atoms with E-state index in [0.29, 0.717) is 11.3 Å².